The first kappa shape index (κ1) is 26.0. The molecule has 3 aromatic rings. The van der Waals surface area contributed by atoms with E-state index in [0.29, 0.717) is 33.9 Å². The summed E-state index contributed by atoms with van der Waals surface area (Å²) >= 11 is 1.33. The minimum absolute atomic E-state index is 0.122. The molecule has 1 aliphatic heterocycles. The number of para-hydroxylation sites is 1. The lowest BCUT2D eigenvalue weighted by atomic mass is 10.1. The molecule has 1 fully saturated rings. The van der Waals surface area contributed by atoms with Crippen LogP contribution in [0.25, 0.3) is 6.08 Å². The highest BCUT2D eigenvalue weighted by Crippen LogP contribution is 2.35. The number of amides is 2. The lowest BCUT2D eigenvalue weighted by Crippen LogP contribution is -2.23. The zero-order valence-corrected chi connectivity index (χ0v) is 22.1. The fourth-order valence-electron chi connectivity index (χ4n) is 3.57. The van der Waals surface area contributed by atoms with Gasteiger partial charge in [0.1, 0.15) is 0 Å². The Hall–Kier alpha value is -4.04. The second-order valence-electron chi connectivity index (χ2n) is 8.48. The standard InChI is InChI=1S/C29H29N3O4S/c1-5-35-25-16-21(12-14-24(25)36-18-27(33)30-22-9-7-6-8-10-22)17-26-28(34)32(4)29(37-26)31-23-13-11-19(2)20(3)15-23/h6-17H,5,18H2,1-4H3,(H,30,33)/b26-17-,31-29?. The van der Waals surface area contributed by atoms with Crippen molar-refractivity contribution in [1.29, 1.82) is 0 Å². The Balaban J connectivity index is 1.48. The molecule has 0 unspecified atom stereocenters. The molecule has 1 heterocycles. The van der Waals surface area contributed by atoms with E-state index in [2.05, 4.69) is 17.2 Å². The number of aliphatic imine (C=N–C) groups is 1. The number of nitrogens with zero attached hydrogens (tertiary/aromatic N) is 2. The summed E-state index contributed by atoms with van der Waals surface area (Å²) in [6.45, 7) is 6.24. The molecule has 1 saturated heterocycles. The number of hydrogen-bond acceptors (Lipinski definition) is 6. The highest BCUT2D eigenvalue weighted by Gasteiger charge is 2.30. The largest absolute Gasteiger partial charge is 0.490 e. The zero-order valence-electron chi connectivity index (χ0n) is 21.3. The van der Waals surface area contributed by atoms with Crippen LogP contribution in [0.15, 0.2) is 76.6 Å². The summed E-state index contributed by atoms with van der Waals surface area (Å²) in [6.07, 6.45) is 1.81. The Kier molecular flexibility index (Phi) is 8.30. The Bertz CT molecular complexity index is 1370. The van der Waals surface area contributed by atoms with Crippen LogP contribution in [0.1, 0.15) is 23.6 Å². The number of carbonyl (C=O) groups excluding carboxylic acids is 2. The van der Waals surface area contributed by atoms with E-state index < -0.39 is 0 Å². The summed E-state index contributed by atoms with van der Waals surface area (Å²) in [4.78, 5) is 32.0. The molecule has 3 aromatic carbocycles. The molecule has 0 bridgehead atoms. The fourth-order valence-corrected chi connectivity index (χ4v) is 4.56. The molecular weight excluding hydrogens is 486 g/mol. The third kappa shape index (κ3) is 6.59. The van der Waals surface area contributed by atoms with Crippen molar-refractivity contribution < 1.29 is 19.1 Å². The molecule has 1 N–H and O–H groups in total. The molecule has 0 radical (unpaired) electrons. The Morgan fingerprint density at radius 3 is 2.51 bits per heavy atom. The number of carbonyl (C=O) groups is 2. The van der Waals surface area contributed by atoms with Crippen molar-refractivity contribution in [2.45, 2.75) is 20.8 Å². The molecule has 0 aromatic heterocycles. The van der Waals surface area contributed by atoms with Gasteiger partial charge in [-0.3, -0.25) is 14.5 Å². The topological polar surface area (TPSA) is 80.2 Å². The van der Waals surface area contributed by atoms with E-state index in [4.69, 9.17) is 9.47 Å². The molecular formula is C29H29N3O4S. The van der Waals surface area contributed by atoms with Crippen molar-refractivity contribution in [2.24, 2.45) is 4.99 Å². The lowest BCUT2D eigenvalue weighted by molar-refractivity contribution is -0.121. The first-order valence-corrected chi connectivity index (χ1v) is 12.7. The van der Waals surface area contributed by atoms with E-state index in [-0.39, 0.29) is 18.4 Å². The maximum atomic E-state index is 12.9. The third-order valence-corrected chi connectivity index (χ3v) is 6.76. The maximum Gasteiger partial charge on any atom is 0.266 e. The van der Waals surface area contributed by atoms with Crippen molar-refractivity contribution in [3.63, 3.8) is 0 Å². The Morgan fingerprint density at radius 1 is 1.00 bits per heavy atom. The maximum absolute atomic E-state index is 12.9. The van der Waals surface area contributed by atoms with Crippen LogP contribution < -0.4 is 14.8 Å². The monoisotopic (exact) mass is 515 g/mol. The number of ether oxygens (including phenoxy) is 2. The fraction of sp³-hybridized carbons (Fsp3) is 0.207. The molecule has 0 spiro atoms. The van der Waals surface area contributed by atoms with Crippen molar-refractivity contribution >= 4 is 46.2 Å². The van der Waals surface area contributed by atoms with Gasteiger partial charge in [0.2, 0.25) is 0 Å². The average Bonchev–Trinajstić information content (AvgIpc) is 3.14. The lowest BCUT2D eigenvalue weighted by Gasteiger charge is -2.13. The summed E-state index contributed by atoms with van der Waals surface area (Å²) in [7, 11) is 1.72. The number of amidine groups is 1. The summed E-state index contributed by atoms with van der Waals surface area (Å²) in [5, 5.41) is 3.41. The van der Waals surface area contributed by atoms with Crippen LogP contribution in [-0.4, -0.2) is 42.1 Å². The highest BCUT2D eigenvalue weighted by atomic mass is 32.2. The number of thioether (sulfide) groups is 1. The summed E-state index contributed by atoms with van der Waals surface area (Å²) in [5.41, 5.74) is 4.64. The first-order chi connectivity index (χ1) is 17.8. The van der Waals surface area contributed by atoms with Gasteiger partial charge < -0.3 is 14.8 Å². The molecule has 0 aliphatic carbocycles. The predicted octanol–water partition coefficient (Wildman–Crippen LogP) is 5.95. The van der Waals surface area contributed by atoms with Crippen LogP contribution in [0.2, 0.25) is 0 Å². The second kappa shape index (κ2) is 11.8. The van der Waals surface area contributed by atoms with Gasteiger partial charge in [0.05, 0.1) is 17.2 Å². The van der Waals surface area contributed by atoms with E-state index in [1.807, 2.05) is 68.4 Å². The molecule has 1 aliphatic rings. The SMILES string of the molecule is CCOc1cc(/C=C2\SC(=Nc3ccc(C)c(C)c3)N(C)C2=O)ccc1OCC(=O)Nc1ccccc1. The molecule has 8 heteroatoms. The van der Waals surface area contributed by atoms with Crippen LogP contribution >= 0.6 is 11.8 Å². The van der Waals surface area contributed by atoms with Crippen LogP contribution in [-0.2, 0) is 9.59 Å². The quantitative estimate of drug-likeness (QED) is 0.375. The van der Waals surface area contributed by atoms with Gasteiger partial charge in [0.15, 0.2) is 23.3 Å². The van der Waals surface area contributed by atoms with Gasteiger partial charge in [0, 0.05) is 12.7 Å². The van der Waals surface area contributed by atoms with E-state index in [1.165, 1.54) is 17.3 Å². The summed E-state index contributed by atoms with van der Waals surface area (Å²) < 4.78 is 11.5. The summed E-state index contributed by atoms with van der Waals surface area (Å²) in [5.74, 6) is 0.554. The minimum Gasteiger partial charge on any atom is -0.490 e. The van der Waals surface area contributed by atoms with Gasteiger partial charge in [-0.2, -0.15) is 0 Å². The molecule has 0 atom stereocenters. The number of likely N-dealkylation sites (N-methyl/N-ethyl adjacent to an activating group) is 1. The van der Waals surface area contributed by atoms with Gasteiger partial charge in [-0.05, 0) is 91.7 Å². The van der Waals surface area contributed by atoms with Gasteiger partial charge >= 0.3 is 0 Å². The molecule has 7 nitrogen and oxygen atoms in total. The predicted molar refractivity (Wildman–Crippen MR) is 150 cm³/mol. The average molecular weight is 516 g/mol. The zero-order chi connectivity index (χ0) is 26.4. The number of nitrogens with one attached hydrogen (secondary N) is 1. The van der Waals surface area contributed by atoms with E-state index in [1.54, 1.807) is 30.2 Å². The van der Waals surface area contributed by atoms with Gasteiger partial charge in [-0.1, -0.05) is 30.3 Å². The highest BCUT2D eigenvalue weighted by molar-refractivity contribution is 8.18. The van der Waals surface area contributed by atoms with Crippen molar-refractivity contribution in [3.8, 4) is 11.5 Å². The first-order valence-electron chi connectivity index (χ1n) is 11.9. The van der Waals surface area contributed by atoms with E-state index >= 15 is 0 Å². The van der Waals surface area contributed by atoms with E-state index in [0.717, 1.165) is 16.8 Å². The molecule has 4 rings (SSSR count). The van der Waals surface area contributed by atoms with Gasteiger partial charge in [0.25, 0.3) is 11.8 Å². The minimum atomic E-state index is -0.272. The number of anilines is 1. The van der Waals surface area contributed by atoms with Crippen molar-refractivity contribution in [1.82, 2.24) is 4.90 Å². The molecule has 37 heavy (non-hydrogen) atoms. The number of benzene rings is 3. The summed E-state index contributed by atoms with van der Waals surface area (Å²) in [6, 6.07) is 20.5. The normalized spacial score (nSPS) is 15.4. The van der Waals surface area contributed by atoms with Crippen LogP contribution in [0.4, 0.5) is 11.4 Å². The van der Waals surface area contributed by atoms with Crippen LogP contribution in [0.3, 0.4) is 0 Å². The second-order valence-corrected chi connectivity index (χ2v) is 9.49. The molecule has 0 saturated carbocycles. The number of rotatable bonds is 8. The van der Waals surface area contributed by atoms with Crippen molar-refractivity contribution in [2.75, 3.05) is 25.6 Å². The number of hydrogen-bond donors (Lipinski definition) is 1. The Labute approximate surface area is 221 Å². The molecule has 2 amide bonds. The van der Waals surface area contributed by atoms with Gasteiger partial charge in [-0.25, -0.2) is 4.99 Å². The third-order valence-electron chi connectivity index (χ3n) is 5.70. The van der Waals surface area contributed by atoms with E-state index in [9.17, 15) is 9.59 Å². The molecule has 190 valence electrons. The number of aryl methyl sites for hydroxylation is 2. The smallest absolute Gasteiger partial charge is 0.266 e. The van der Waals surface area contributed by atoms with Gasteiger partial charge in [-0.15, -0.1) is 0 Å². The van der Waals surface area contributed by atoms with Crippen molar-refractivity contribution in [3.05, 3.63) is 88.3 Å². The van der Waals surface area contributed by atoms with Crippen LogP contribution in [0.5, 0.6) is 11.5 Å². The van der Waals surface area contributed by atoms with Crippen LogP contribution in [0, 0.1) is 13.8 Å². The Morgan fingerprint density at radius 2 is 1.78 bits per heavy atom.